The third kappa shape index (κ3) is 3.70. The van der Waals surface area contributed by atoms with E-state index in [9.17, 15) is 9.59 Å². The fraction of sp³-hybridized carbons (Fsp3) is 0.375. The molecule has 1 heterocycles. The number of nitrogens with zero attached hydrogens (tertiary/aromatic N) is 1. The van der Waals surface area contributed by atoms with E-state index in [2.05, 4.69) is 5.32 Å². The van der Waals surface area contributed by atoms with Crippen molar-refractivity contribution in [1.29, 1.82) is 0 Å². The minimum absolute atomic E-state index is 0.123. The molecule has 2 amide bonds. The first-order valence-electron chi connectivity index (χ1n) is 7.03. The van der Waals surface area contributed by atoms with Crippen molar-refractivity contribution in [3.8, 4) is 0 Å². The van der Waals surface area contributed by atoms with Crippen LogP contribution in [-0.4, -0.2) is 42.4 Å². The van der Waals surface area contributed by atoms with Crippen LogP contribution in [0.4, 0.5) is 0 Å². The lowest BCUT2D eigenvalue weighted by molar-refractivity contribution is -0.134. The Balaban J connectivity index is 2.18. The van der Waals surface area contributed by atoms with Crippen molar-refractivity contribution in [1.82, 2.24) is 10.2 Å². The fourth-order valence-corrected chi connectivity index (χ4v) is 2.32. The van der Waals surface area contributed by atoms with Crippen LogP contribution in [0.15, 0.2) is 42.5 Å². The van der Waals surface area contributed by atoms with Crippen LogP contribution < -0.4 is 11.1 Å². The molecule has 21 heavy (non-hydrogen) atoms. The van der Waals surface area contributed by atoms with Gasteiger partial charge in [0.15, 0.2) is 0 Å². The topological polar surface area (TPSA) is 75.4 Å². The molecule has 0 saturated heterocycles. The summed E-state index contributed by atoms with van der Waals surface area (Å²) in [7, 11) is 1.75. The Morgan fingerprint density at radius 2 is 2.00 bits per heavy atom. The van der Waals surface area contributed by atoms with Crippen LogP contribution in [-0.2, 0) is 9.59 Å². The van der Waals surface area contributed by atoms with Crippen LogP contribution >= 0.6 is 0 Å². The summed E-state index contributed by atoms with van der Waals surface area (Å²) in [5.41, 5.74) is 6.68. The molecule has 1 aromatic carbocycles. The van der Waals surface area contributed by atoms with E-state index in [-0.39, 0.29) is 17.7 Å². The predicted octanol–water partition coefficient (Wildman–Crippen LogP) is 0.630. The van der Waals surface area contributed by atoms with E-state index in [4.69, 9.17) is 5.73 Å². The summed E-state index contributed by atoms with van der Waals surface area (Å²) < 4.78 is 0. The van der Waals surface area contributed by atoms with Crippen molar-refractivity contribution in [2.75, 3.05) is 13.6 Å². The quantitative estimate of drug-likeness (QED) is 0.801. The third-order valence-corrected chi connectivity index (χ3v) is 3.59. The summed E-state index contributed by atoms with van der Waals surface area (Å²) in [6.07, 6.45) is 3.73. The standard InChI is InChI=1S/C16H21N3O2/c1-11(17)15(20)18-14-9-8-13(10-19(2)16(14)21)12-6-4-3-5-7-12/h3-9,11,13-14H,10,17H2,1-2H3,(H,18,20)/t11-,13-,14-/m0/s1. The Labute approximate surface area is 124 Å². The van der Waals surface area contributed by atoms with Crippen LogP contribution in [0.5, 0.6) is 0 Å². The second kappa shape index (κ2) is 6.54. The largest absolute Gasteiger partial charge is 0.343 e. The van der Waals surface area contributed by atoms with Gasteiger partial charge < -0.3 is 16.0 Å². The molecule has 0 aromatic heterocycles. The lowest BCUT2D eigenvalue weighted by atomic mass is 9.98. The Hall–Kier alpha value is -2.14. The summed E-state index contributed by atoms with van der Waals surface area (Å²) in [6, 6.07) is 8.70. The minimum Gasteiger partial charge on any atom is -0.343 e. The first-order chi connectivity index (χ1) is 9.99. The molecule has 0 fully saturated rings. The number of nitrogens with two attached hydrogens (primary N) is 1. The SMILES string of the molecule is C[C@H](N)C(=O)N[C@H]1C=C[C@H](c2ccccc2)CN(C)C1=O. The number of amides is 2. The minimum atomic E-state index is -0.651. The van der Waals surface area contributed by atoms with Gasteiger partial charge in [0, 0.05) is 19.5 Å². The number of likely N-dealkylation sites (N-methyl/N-ethyl adjacent to an activating group) is 1. The first-order valence-corrected chi connectivity index (χ1v) is 7.03. The van der Waals surface area contributed by atoms with Crippen LogP contribution in [0.1, 0.15) is 18.4 Å². The smallest absolute Gasteiger partial charge is 0.248 e. The number of carbonyl (C=O) groups excluding carboxylic acids is 2. The van der Waals surface area contributed by atoms with Crippen LogP contribution in [0, 0.1) is 0 Å². The highest BCUT2D eigenvalue weighted by Gasteiger charge is 2.27. The molecule has 3 atom stereocenters. The van der Waals surface area contributed by atoms with E-state index in [1.165, 1.54) is 0 Å². The second-order valence-corrected chi connectivity index (χ2v) is 5.40. The van der Waals surface area contributed by atoms with Crippen LogP contribution in [0.25, 0.3) is 0 Å². The number of carbonyl (C=O) groups is 2. The summed E-state index contributed by atoms with van der Waals surface area (Å²) in [4.78, 5) is 25.6. The molecule has 0 saturated carbocycles. The van der Waals surface area contributed by atoms with Gasteiger partial charge in [-0.2, -0.15) is 0 Å². The van der Waals surface area contributed by atoms with E-state index in [1.807, 2.05) is 36.4 Å². The Morgan fingerprint density at radius 3 is 2.62 bits per heavy atom. The zero-order valence-electron chi connectivity index (χ0n) is 12.3. The van der Waals surface area contributed by atoms with Gasteiger partial charge in [0.25, 0.3) is 0 Å². The van der Waals surface area contributed by atoms with E-state index in [1.54, 1.807) is 24.9 Å². The average Bonchev–Trinajstić information content (AvgIpc) is 2.61. The first kappa shape index (κ1) is 15.3. The third-order valence-electron chi connectivity index (χ3n) is 3.59. The maximum atomic E-state index is 12.3. The molecule has 0 bridgehead atoms. The zero-order valence-corrected chi connectivity index (χ0v) is 12.3. The molecule has 0 radical (unpaired) electrons. The summed E-state index contributed by atoms with van der Waals surface area (Å²) >= 11 is 0. The van der Waals surface area contributed by atoms with Crippen molar-refractivity contribution >= 4 is 11.8 Å². The molecule has 0 spiro atoms. The Kier molecular flexibility index (Phi) is 4.75. The van der Waals surface area contributed by atoms with Crippen molar-refractivity contribution in [2.24, 2.45) is 5.73 Å². The van der Waals surface area contributed by atoms with Crippen molar-refractivity contribution in [3.63, 3.8) is 0 Å². The highest BCUT2D eigenvalue weighted by atomic mass is 16.2. The van der Waals surface area contributed by atoms with Gasteiger partial charge in [-0.05, 0) is 12.5 Å². The molecule has 1 aliphatic rings. The number of nitrogens with one attached hydrogen (secondary N) is 1. The van der Waals surface area contributed by atoms with Crippen LogP contribution in [0.2, 0.25) is 0 Å². The van der Waals surface area contributed by atoms with E-state index in [0.717, 1.165) is 5.56 Å². The monoisotopic (exact) mass is 287 g/mol. The molecule has 112 valence electrons. The highest BCUT2D eigenvalue weighted by Crippen LogP contribution is 2.21. The molecule has 0 unspecified atom stereocenters. The van der Waals surface area contributed by atoms with Gasteiger partial charge in [0.1, 0.15) is 6.04 Å². The summed E-state index contributed by atoms with van der Waals surface area (Å²) in [5.74, 6) is -0.333. The molecular formula is C16H21N3O2. The van der Waals surface area contributed by atoms with Gasteiger partial charge >= 0.3 is 0 Å². The molecule has 3 N–H and O–H groups in total. The lowest BCUT2D eigenvalue weighted by Gasteiger charge is -2.23. The highest BCUT2D eigenvalue weighted by molar-refractivity contribution is 5.91. The fourth-order valence-electron chi connectivity index (χ4n) is 2.32. The number of benzene rings is 1. The molecular weight excluding hydrogens is 266 g/mol. The van der Waals surface area contributed by atoms with Crippen LogP contribution in [0.3, 0.4) is 0 Å². The summed E-state index contributed by atoms with van der Waals surface area (Å²) in [6.45, 7) is 2.18. The van der Waals surface area contributed by atoms with E-state index in [0.29, 0.717) is 6.54 Å². The molecule has 1 aliphatic heterocycles. The molecule has 2 rings (SSSR count). The van der Waals surface area contributed by atoms with E-state index >= 15 is 0 Å². The van der Waals surface area contributed by atoms with Crippen molar-refractivity contribution in [2.45, 2.75) is 24.9 Å². The Morgan fingerprint density at radius 1 is 1.33 bits per heavy atom. The summed E-state index contributed by atoms with van der Waals surface area (Å²) in [5, 5.41) is 2.67. The number of hydrogen-bond acceptors (Lipinski definition) is 3. The Bertz CT molecular complexity index is 540. The van der Waals surface area contributed by atoms with Gasteiger partial charge in [0.2, 0.25) is 11.8 Å². The van der Waals surface area contributed by atoms with Gasteiger partial charge in [-0.25, -0.2) is 0 Å². The number of hydrogen-bond donors (Lipinski definition) is 2. The zero-order chi connectivity index (χ0) is 15.4. The van der Waals surface area contributed by atoms with Gasteiger partial charge in [0.05, 0.1) is 6.04 Å². The van der Waals surface area contributed by atoms with Gasteiger partial charge in [-0.15, -0.1) is 0 Å². The molecule has 5 nitrogen and oxygen atoms in total. The maximum Gasteiger partial charge on any atom is 0.248 e. The van der Waals surface area contributed by atoms with E-state index < -0.39 is 12.1 Å². The normalized spacial score (nSPS) is 23.6. The number of rotatable bonds is 3. The lowest BCUT2D eigenvalue weighted by Crippen LogP contribution is -2.50. The molecule has 5 heteroatoms. The van der Waals surface area contributed by atoms with Crippen molar-refractivity contribution < 1.29 is 9.59 Å². The molecule has 0 aliphatic carbocycles. The van der Waals surface area contributed by atoms with Gasteiger partial charge in [-0.1, -0.05) is 42.5 Å². The predicted molar refractivity (Wildman–Crippen MR) is 81.5 cm³/mol. The second-order valence-electron chi connectivity index (χ2n) is 5.40. The maximum absolute atomic E-state index is 12.3. The van der Waals surface area contributed by atoms with Gasteiger partial charge in [-0.3, -0.25) is 9.59 Å². The molecule has 1 aromatic rings. The van der Waals surface area contributed by atoms with Crippen molar-refractivity contribution in [3.05, 3.63) is 48.0 Å². The average molecular weight is 287 g/mol.